The summed E-state index contributed by atoms with van der Waals surface area (Å²) < 4.78 is 12.8. The normalized spacial score (nSPS) is 11.0. The molecule has 0 amide bonds. The van der Waals surface area contributed by atoms with Crippen molar-refractivity contribution in [3.8, 4) is 17.1 Å². The van der Waals surface area contributed by atoms with E-state index in [0.717, 1.165) is 11.3 Å². The van der Waals surface area contributed by atoms with Gasteiger partial charge in [-0.15, -0.1) is 0 Å². The van der Waals surface area contributed by atoms with Crippen molar-refractivity contribution < 1.29 is 9.47 Å². The molecular formula is C21H20N4O3S. The number of hydrogen-bond donors (Lipinski definition) is 1. The van der Waals surface area contributed by atoms with Crippen LogP contribution in [0.4, 0.5) is 0 Å². The Hall–Kier alpha value is -3.10. The zero-order chi connectivity index (χ0) is 19.9. The van der Waals surface area contributed by atoms with Gasteiger partial charge in [-0.2, -0.15) is 0 Å². The third-order valence-electron chi connectivity index (χ3n) is 4.05. The number of ether oxygens (including phenoxy) is 2. The van der Waals surface area contributed by atoms with Crippen molar-refractivity contribution in [2.75, 3.05) is 25.6 Å². The van der Waals surface area contributed by atoms with E-state index in [-0.39, 0.29) is 5.56 Å². The second-order valence-corrected chi connectivity index (χ2v) is 7.19. The van der Waals surface area contributed by atoms with Crippen LogP contribution in [-0.2, 0) is 4.74 Å². The van der Waals surface area contributed by atoms with Gasteiger partial charge in [0.1, 0.15) is 12.4 Å². The van der Waals surface area contributed by atoms with Gasteiger partial charge in [0.25, 0.3) is 5.56 Å². The summed E-state index contributed by atoms with van der Waals surface area (Å²) in [7, 11) is 0. The van der Waals surface area contributed by atoms with Gasteiger partial charge in [0.2, 0.25) is 0 Å². The summed E-state index contributed by atoms with van der Waals surface area (Å²) in [6.45, 7) is 1.54. The molecule has 0 spiro atoms. The Morgan fingerprint density at radius 2 is 1.69 bits per heavy atom. The van der Waals surface area contributed by atoms with E-state index in [1.165, 1.54) is 17.8 Å². The molecule has 1 N–H and O–H groups in total. The van der Waals surface area contributed by atoms with Crippen molar-refractivity contribution >= 4 is 17.4 Å². The third kappa shape index (κ3) is 5.04. The molecule has 0 saturated heterocycles. The SMILES string of the molecule is O=c1cc2nc(-c3ccccc3)nc(SCCOCCOc3ccccc3)n2[nH]1. The minimum absolute atomic E-state index is 0.208. The van der Waals surface area contributed by atoms with Crippen LogP contribution in [0.3, 0.4) is 0 Å². The number of fused-ring (bicyclic) bond motifs is 1. The maximum atomic E-state index is 11.8. The van der Waals surface area contributed by atoms with Crippen LogP contribution in [-0.4, -0.2) is 45.2 Å². The van der Waals surface area contributed by atoms with Gasteiger partial charge < -0.3 is 9.47 Å². The van der Waals surface area contributed by atoms with Crippen molar-refractivity contribution in [3.63, 3.8) is 0 Å². The molecule has 0 saturated carbocycles. The van der Waals surface area contributed by atoms with Gasteiger partial charge in [-0.25, -0.2) is 14.5 Å². The fourth-order valence-corrected chi connectivity index (χ4v) is 3.53. The molecule has 0 unspecified atom stereocenters. The van der Waals surface area contributed by atoms with Crippen LogP contribution in [0.1, 0.15) is 0 Å². The monoisotopic (exact) mass is 408 g/mol. The smallest absolute Gasteiger partial charge is 0.266 e. The molecule has 2 heterocycles. The number of para-hydroxylation sites is 1. The van der Waals surface area contributed by atoms with Crippen LogP contribution in [0, 0.1) is 0 Å². The van der Waals surface area contributed by atoms with E-state index in [4.69, 9.17) is 9.47 Å². The van der Waals surface area contributed by atoms with Crippen molar-refractivity contribution in [2.45, 2.75) is 5.16 Å². The quantitative estimate of drug-likeness (QED) is 0.338. The molecule has 0 aliphatic rings. The molecule has 7 nitrogen and oxygen atoms in total. The Kier molecular flexibility index (Phi) is 6.23. The van der Waals surface area contributed by atoms with Crippen molar-refractivity contribution in [1.82, 2.24) is 19.6 Å². The van der Waals surface area contributed by atoms with Crippen molar-refractivity contribution in [2.24, 2.45) is 0 Å². The fraction of sp³-hybridized carbons (Fsp3) is 0.190. The molecule has 148 valence electrons. The summed E-state index contributed by atoms with van der Waals surface area (Å²) in [5, 5.41) is 3.41. The van der Waals surface area contributed by atoms with Gasteiger partial charge in [0.05, 0.1) is 13.2 Å². The molecule has 0 aliphatic heterocycles. The largest absolute Gasteiger partial charge is 0.491 e. The molecule has 0 radical (unpaired) electrons. The Balaban J connectivity index is 1.34. The molecule has 0 fully saturated rings. The number of hydrogen-bond acceptors (Lipinski definition) is 6. The zero-order valence-electron chi connectivity index (χ0n) is 15.7. The highest BCUT2D eigenvalue weighted by atomic mass is 32.2. The number of thioether (sulfide) groups is 1. The maximum absolute atomic E-state index is 11.8. The summed E-state index contributed by atoms with van der Waals surface area (Å²) in [5.74, 6) is 2.11. The van der Waals surface area contributed by atoms with Crippen molar-refractivity contribution in [3.05, 3.63) is 77.1 Å². The summed E-state index contributed by atoms with van der Waals surface area (Å²) >= 11 is 1.50. The van der Waals surface area contributed by atoms with Gasteiger partial charge in [-0.3, -0.25) is 9.89 Å². The molecule has 4 aromatic rings. The molecule has 0 atom stereocenters. The number of H-pyrrole nitrogens is 1. The third-order valence-corrected chi connectivity index (χ3v) is 4.96. The van der Waals surface area contributed by atoms with E-state index in [0.29, 0.717) is 42.2 Å². The predicted molar refractivity (Wildman–Crippen MR) is 113 cm³/mol. The second-order valence-electron chi connectivity index (χ2n) is 6.13. The molecule has 8 heteroatoms. The first-order valence-corrected chi connectivity index (χ1v) is 10.2. The number of nitrogens with zero attached hydrogens (tertiary/aromatic N) is 3. The van der Waals surface area contributed by atoms with Gasteiger partial charge in [0, 0.05) is 17.4 Å². The molecule has 0 aliphatic carbocycles. The lowest BCUT2D eigenvalue weighted by Gasteiger charge is -2.08. The molecule has 29 heavy (non-hydrogen) atoms. The number of rotatable bonds is 9. The van der Waals surface area contributed by atoms with E-state index in [2.05, 4.69) is 15.1 Å². The van der Waals surface area contributed by atoms with E-state index in [1.54, 1.807) is 4.52 Å². The number of nitrogens with one attached hydrogen (secondary N) is 1. The lowest BCUT2D eigenvalue weighted by molar-refractivity contribution is 0.112. The second kappa shape index (κ2) is 9.40. The summed E-state index contributed by atoms with van der Waals surface area (Å²) in [5.41, 5.74) is 1.24. The first kappa shape index (κ1) is 19.2. The van der Waals surface area contributed by atoms with Crippen molar-refractivity contribution in [1.29, 1.82) is 0 Å². The average Bonchev–Trinajstić information content (AvgIpc) is 3.14. The average molecular weight is 408 g/mol. The first-order chi connectivity index (χ1) is 14.3. The predicted octanol–water partition coefficient (Wildman–Crippen LogP) is 3.27. The molecule has 2 aromatic heterocycles. The molecule has 2 aromatic carbocycles. The highest BCUT2D eigenvalue weighted by Crippen LogP contribution is 2.21. The van der Waals surface area contributed by atoms with Crippen LogP contribution < -0.4 is 10.3 Å². The first-order valence-electron chi connectivity index (χ1n) is 9.23. The van der Waals surface area contributed by atoms with E-state index < -0.39 is 0 Å². The van der Waals surface area contributed by atoms with E-state index in [9.17, 15) is 4.79 Å². The van der Waals surface area contributed by atoms with Crippen LogP contribution in [0.2, 0.25) is 0 Å². The lowest BCUT2D eigenvalue weighted by atomic mass is 10.2. The Labute approximate surface area is 171 Å². The van der Waals surface area contributed by atoms with E-state index >= 15 is 0 Å². The molecular weight excluding hydrogens is 388 g/mol. The van der Waals surface area contributed by atoms with Crippen LogP contribution >= 0.6 is 11.8 Å². The van der Waals surface area contributed by atoms with E-state index in [1.807, 2.05) is 60.7 Å². The zero-order valence-corrected chi connectivity index (χ0v) is 16.5. The Morgan fingerprint density at radius 3 is 2.48 bits per heavy atom. The summed E-state index contributed by atoms with van der Waals surface area (Å²) in [6, 6.07) is 20.8. The Morgan fingerprint density at radius 1 is 0.931 bits per heavy atom. The van der Waals surface area contributed by atoms with Crippen LogP contribution in [0.5, 0.6) is 5.75 Å². The number of aromatic nitrogens is 4. The van der Waals surface area contributed by atoms with Gasteiger partial charge in [-0.1, -0.05) is 60.3 Å². The highest BCUT2D eigenvalue weighted by Gasteiger charge is 2.11. The molecule has 0 bridgehead atoms. The lowest BCUT2D eigenvalue weighted by Crippen LogP contribution is -2.09. The van der Waals surface area contributed by atoms with Gasteiger partial charge in [0.15, 0.2) is 16.6 Å². The van der Waals surface area contributed by atoms with Gasteiger partial charge >= 0.3 is 0 Å². The Bertz CT molecular complexity index is 1110. The van der Waals surface area contributed by atoms with Crippen LogP contribution in [0.25, 0.3) is 17.0 Å². The molecule has 4 rings (SSSR count). The fourth-order valence-electron chi connectivity index (χ4n) is 2.73. The topological polar surface area (TPSA) is 81.5 Å². The summed E-state index contributed by atoms with van der Waals surface area (Å²) in [4.78, 5) is 20.9. The summed E-state index contributed by atoms with van der Waals surface area (Å²) in [6.07, 6.45) is 0. The maximum Gasteiger partial charge on any atom is 0.266 e. The minimum atomic E-state index is -0.208. The minimum Gasteiger partial charge on any atom is -0.491 e. The standard InChI is InChI=1S/C21H20N4O3S/c26-19-15-18-22-20(16-7-3-1-4-8-16)23-21(25(18)24-19)29-14-13-27-11-12-28-17-9-5-2-6-10-17/h1-10,15H,11-14H2,(H,24,26). The highest BCUT2D eigenvalue weighted by molar-refractivity contribution is 7.99. The van der Waals surface area contributed by atoms with Crippen LogP contribution in [0.15, 0.2) is 76.7 Å². The number of benzene rings is 2. The number of aromatic amines is 1. The van der Waals surface area contributed by atoms with Gasteiger partial charge in [-0.05, 0) is 12.1 Å².